The van der Waals surface area contributed by atoms with Crippen molar-refractivity contribution in [3.8, 4) is 0 Å². The Labute approximate surface area is 107 Å². The molecule has 1 heteroatoms. The minimum Gasteiger partial charge on any atom is -0.390 e. The smallest absolute Gasteiger partial charge is 0.0676 e. The third-order valence-electron chi connectivity index (χ3n) is 5.44. The van der Waals surface area contributed by atoms with Gasteiger partial charge in [0.15, 0.2) is 0 Å². The number of aliphatic hydroxyl groups is 1. The first kappa shape index (κ1) is 13.4. The predicted molar refractivity (Wildman–Crippen MR) is 72.9 cm³/mol. The number of hydrogen-bond donors (Lipinski definition) is 1. The Morgan fingerprint density at radius 1 is 0.882 bits per heavy atom. The van der Waals surface area contributed by atoms with Gasteiger partial charge >= 0.3 is 0 Å². The fraction of sp³-hybridized carbons (Fsp3) is 1.00. The van der Waals surface area contributed by atoms with Crippen LogP contribution < -0.4 is 0 Å². The van der Waals surface area contributed by atoms with Crippen molar-refractivity contribution >= 4 is 0 Å². The van der Waals surface area contributed by atoms with E-state index in [0.717, 1.165) is 18.8 Å². The standard InChI is InChI=1S/C16H30O/c1-15(2,3)13-9-11-16(17,12-10-13)14-7-5-4-6-8-14/h13-14,17H,4-12H2,1-3H3. The van der Waals surface area contributed by atoms with E-state index in [1.165, 1.54) is 44.9 Å². The zero-order valence-corrected chi connectivity index (χ0v) is 12.0. The van der Waals surface area contributed by atoms with Crippen LogP contribution in [0.25, 0.3) is 0 Å². The average Bonchev–Trinajstić information content (AvgIpc) is 2.29. The molecule has 0 unspecified atom stereocenters. The zero-order valence-electron chi connectivity index (χ0n) is 12.0. The second-order valence-corrected chi connectivity index (χ2v) is 7.58. The van der Waals surface area contributed by atoms with Crippen molar-refractivity contribution < 1.29 is 5.11 Å². The lowest BCUT2D eigenvalue weighted by Gasteiger charge is -2.46. The van der Waals surface area contributed by atoms with Gasteiger partial charge in [-0.05, 0) is 55.8 Å². The Morgan fingerprint density at radius 2 is 1.41 bits per heavy atom. The summed E-state index contributed by atoms with van der Waals surface area (Å²) in [5, 5.41) is 10.9. The molecule has 2 rings (SSSR count). The van der Waals surface area contributed by atoms with E-state index in [-0.39, 0.29) is 5.60 Å². The second kappa shape index (κ2) is 4.91. The lowest BCUT2D eigenvalue weighted by molar-refractivity contribution is -0.0798. The van der Waals surface area contributed by atoms with Crippen LogP contribution in [-0.2, 0) is 0 Å². The molecule has 0 heterocycles. The highest BCUT2D eigenvalue weighted by Gasteiger charge is 2.42. The van der Waals surface area contributed by atoms with Crippen LogP contribution in [0.1, 0.15) is 78.6 Å². The molecule has 0 aromatic heterocycles. The van der Waals surface area contributed by atoms with Crippen LogP contribution in [0.4, 0.5) is 0 Å². The highest BCUT2D eigenvalue weighted by atomic mass is 16.3. The summed E-state index contributed by atoms with van der Waals surface area (Å²) in [7, 11) is 0. The van der Waals surface area contributed by atoms with Crippen LogP contribution in [-0.4, -0.2) is 10.7 Å². The van der Waals surface area contributed by atoms with Gasteiger partial charge in [-0.3, -0.25) is 0 Å². The average molecular weight is 238 g/mol. The highest BCUT2D eigenvalue weighted by molar-refractivity contribution is 4.94. The van der Waals surface area contributed by atoms with Gasteiger partial charge in [-0.25, -0.2) is 0 Å². The van der Waals surface area contributed by atoms with E-state index in [1.54, 1.807) is 0 Å². The van der Waals surface area contributed by atoms with Gasteiger partial charge in [-0.2, -0.15) is 0 Å². The molecular formula is C16H30O. The molecule has 0 aromatic carbocycles. The number of rotatable bonds is 1. The largest absolute Gasteiger partial charge is 0.390 e. The molecule has 1 N–H and O–H groups in total. The van der Waals surface area contributed by atoms with Crippen molar-refractivity contribution in [1.82, 2.24) is 0 Å². The van der Waals surface area contributed by atoms with Gasteiger partial charge < -0.3 is 5.11 Å². The Morgan fingerprint density at radius 3 is 1.88 bits per heavy atom. The van der Waals surface area contributed by atoms with E-state index >= 15 is 0 Å². The van der Waals surface area contributed by atoms with Gasteiger partial charge in [0.25, 0.3) is 0 Å². The molecule has 0 aromatic rings. The topological polar surface area (TPSA) is 20.2 Å². The molecule has 0 spiro atoms. The molecule has 2 saturated carbocycles. The lowest BCUT2D eigenvalue weighted by Crippen LogP contribution is -2.44. The Bertz CT molecular complexity index is 237. The maximum atomic E-state index is 10.9. The Kier molecular flexibility index (Phi) is 3.87. The van der Waals surface area contributed by atoms with Crippen molar-refractivity contribution in [2.75, 3.05) is 0 Å². The predicted octanol–water partition coefficient (Wildman–Crippen LogP) is 4.53. The van der Waals surface area contributed by atoms with Crippen molar-refractivity contribution in [1.29, 1.82) is 0 Å². The van der Waals surface area contributed by atoms with E-state index in [0.29, 0.717) is 11.3 Å². The van der Waals surface area contributed by atoms with Gasteiger partial charge in [0, 0.05) is 0 Å². The van der Waals surface area contributed by atoms with E-state index < -0.39 is 0 Å². The molecule has 2 fully saturated rings. The summed E-state index contributed by atoms with van der Waals surface area (Å²) in [4.78, 5) is 0. The quantitative estimate of drug-likeness (QED) is 0.711. The SMILES string of the molecule is CC(C)(C)C1CCC(O)(C2CCCCC2)CC1. The van der Waals surface area contributed by atoms with E-state index in [4.69, 9.17) is 0 Å². The summed E-state index contributed by atoms with van der Waals surface area (Å²) in [5.74, 6) is 1.42. The van der Waals surface area contributed by atoms with Crippen molar-refractivity contribution in [3.63, 3.8) is 0 Å². The van der Waals surface area contributed by atoms with E-state index in [9.17, 15) is 5.11 Å². The molecule has 17 heavy (non-hydrogen) atoms. The normalized spacial score (nSPS) is 37.1. The molecule has 0 aliphatic heterocycles. The molecule has 0 amide bonds. The zero-order chi connectivity index (χ0) is 12.5. The van der Waals surface area contributed by atoms with Crippen LogP contribution in [0.5, 0.6) is 0 Å². The van der Waals surface area contributed by atoms with Gasteiger partial charge in [0.1, 0.15) is 0 Å². The van der Waals surface area contributed by atoms with Crippen LogP contribution in [0.3, 0.4) is 0 Å². The highest BCUT2D eigenvalue weighted by Crippen LogP contribution is 2.47. The van der Waals surface area contributed by atoms with Gasteiger partial charge in [0.05, 0.1) is 5.60 Å². The van der Waals surface area contributed by atoms with Crippen LogP contribution in [0.2, 0.25) is 0 Å². The summed E-state index contributed by atoms with van der Waals surface area (Å²) < 4.78 is 0. The monoisotopic (exact) mass is 238 g/mol. The van der Waals surface area contributed by atoms with Gasteiger partial charge in [-0.1, -0.05) is 40.0 Å². The molecule has 0 saturated heterocycles. The molecule has 0 bridgehead atoms. The van der Waals surface area contributed by atoms with Crippen LogP contribution in [0.15, 0.2) is 0 Å². The number of hydrogen-bond acceptors (Lipinski definition) is 1. The van der Waals surface area contributed by atoms with Gasteiger partial charge in [0.2, 0.25) is 0 Å². The van der Waals surface area contributed by atoms with Crippen molar-refractivity contribution in [2.24, 2.45) is 17.3 Å². The van der Waals surface area contributed by atoms with E-state index in [2.05, 4.69) is 20.8 Å². The summed E-state index contributed by atoms with van der Waals surface area (Å²) in [5.41, 5.74) is 0.121. The molecule has 1 nitrogen and oxygen atoms in total. The first-order valence-corrected chi connectivity index (χ1v) is 7.64. The second-order valence-electron chi connectivity index (χ2n) is 7.58. The maximum Gasteiger partial charge on any atom is 0.0676 e. The molecule has 0 atom stereocenters. The van der Waals surface area contributed by atoms with Gasteiger partial charge in [-0.15, -0.1) is 0 Å². The third-order valence-corrected chi connectivity index (χ3v) is 5.44. The Hall–Kier alpha value is -0.0400. The Balaban J connectivity index is 1.92. The fourth-order valence-corrected chi connectivity index (χ4v) is 4.03. The minimum atomic E-state index is -0.303. The summed E-state index contributed by atoms with van der Waals surface area (Å²) >= 11 is 0. The molecule has 2 aliphatic rings. The first-order valence-electron chi connectivity index (χ1n) is 7.64. The lowest BCUT2D eigenvalue weighted by atomic mass is 9.63. The van der Waals surface area contributed by atoms with Crippen molar-refractivity contribution in [2.45, 2.75) is 84.2 Å². The summed E-state index contributed by atoms with van der Waals surface area (Å²) in [6.07, 6.45) is 11.2. The fourth-order valence-electron chi connectivity index (χ4n) is 4.03. The molecular weight excluding hydrogens is 208 g/mol. The molecule has 0 radical (unpaired) electrons. The van der Waals surface area contributed by atoms with Crippen LogP contribution >= 0.6 is 0 Å². The molecule has 2 aliphatic carbocycles. The van der Waals surface area contributed by atoms with E-state index in [1.807, 2.05) is 0 Å². The minimum absolute atomic E-state index is 0.303. The maximum absolute atomic E-state index is 10.9. The first-order chi connectivity index (χ1) is 7.92. The molecule has 100 valence electrons. The summed E-state index contributed by atoms with van der Waals surface area (Å²) in [6, 6.07) is 0. The summed E-state index contributed by atoms with van der Waals surface area (Å²) in [6.45, 7) is 7.05. The van der Waals surface area contributed by atoms with Crippen molar-refractivity contribution in [3.05, 3.63) is 0 Å². The van der Waals surface area contributed by atoms with Crippen LogP contribution in [0, 0.1) is 17.3 Å². The third kappa shape index (κ3) is 3.05.